The molecule has 0 aliphatic rings. The summed E-state index contributed by atoms with van der Waals surface area (Å²) >= 11 is 3.74. The molecule has 0 saturated heterocycles. The van der Waals surface area contributed by atoms with E-state index in [2.05, 4.69) is 169 Å². The number of anilines is 3. The molecule has 4 heteroatoms. The molecule has 0 radical (unpaired) electrons. The van der Waals surface area contributed by atoms with Gasteiger partial charge in [-0.15, -0.1) is 22.7 Å². The van der Waals surface area contributed by atoms with Crippen molar-refractivity contribution in [2.45, 2.75) is 0 Å². The number of benzene rings is 8. The third-order valence-corrected chi connectivity index (χ3v) is 12.3. The van der Waals surface area contributed by atoms with Crippen molar-refractivity contribution < 1.29 is 4.42 Å². The first-order valence-electron chi connectivity index (χ1n) is 16.8. The number of hydrogen-bond donors (Lipinski definition) is 0. The van der Waals surface area contributed by atoms with E-state index in [0.717, 1.165) is 27.9 Å². The van der Waals surface area contributed by atoms with E-state index in [1.807, 2.05) is 22.7 Å². The Morgan fingerprint density at radius 2 is 1.06 bits per heavy atom. The predicted octanol–water partition coefficient (Wildman–Crippen LogP) is 14.6. The molecule has 0 aliphatic heterocycles. The second-order valence-electron chi connectivity index (χ2n) is 12.8. The van der Waals surface area contributed by atoms with E-state index in [0.29, 0.717) is 0 Å². The summed E-state index contributed by atoms with van der Waals surface area (Å²) in [5, 5.41) is 9.91. The summed E-state index contributed by atoms with van der Waals surface area (Å²) in [6, 6.07) is 59.2. The second-order valence-corrected chi connectivity index (χ2v) is 15.0. The first-order chi connectivity index (χ1) is 24.8. The third-order valence-electron chi connectivity index (χ3n) is 10.0. The molecule has 50 heavy (non-hydrogen) atoms. The molecule has 3 aromatic heterocycles. The number of fused-ring (bicyclic) bond motifs is 12. The summed E-state index contributed by atoms with van der Waals surface area (Å²) in [6.45, 7) is 0. The largest absolute Gasteiger partial charge is 0.455 e. The van der Waals surface area contributed by atoms with Crippen molar-refractivity contribution in [3.63, 3.8) is 0 Å². The molecule has 3 heterocycles. The van der Waals surface area contributed by atoms with Gasteiger partial charge in [0.1, 0.15) is 11.2 Å². The molecule has 0 fully saturated rings. The third kappa shape index (κ3) is 4.07. The quantitative estimate of drug-likeness (QED) is 0.185. The molecule has 8 aromatic carbocycles. The minimum absolute atomic E-state index is 0.930. The van der Waals surface area contributed by atoms with E-state index in [1.165, 1.54) is 73.3 Å². The first kappa shape index (κ1) is 28.0. The highest BCUT2D eigenvalue weighted by Crippen LogP contribution is 2.49. The Morgan fingerprint density at radius 1 is 0.420 bits per heavy atom. The van der Waals surface area contributed by atoms with Gasteiger partial charge >= 0.3 is 0 Å². The van der Waals surface area contributed by atoms with Gasteiger partial charge in [-0.05, 0) is 65.5 Å². The van der Waals surface area contributed by atoms with E-state index in [-0.39, 0.29) is 0 Å². The SMILES string of the molecule is c1ccc(N(c2ccccc2)c2cc3sc4cc(-c5cc6c7ccccc7oc6c6c5sc5ccccc56)ccc4c3c3ccccc23)cc1. The number of nitrogens with zero attached hydrogens (tertiary/aromatic N) is 1. The average Bonchev–Trinajstić information content (AvgIpc) is 3.86. The molecule has 0 unspecified atom stereocenters. The van der Waals surface area contributed by atoms with Crippen molar-refractivity contribution in [3.8, 4) is 11.1 Å². The van der Waals surface area contributed by atoms with Crippen LogP contribution in [0.2, 0.25) is 0 Å². The number of hydrogen-bond acceptors (Lipinski definition) is 4. The van der Waals surface area contributed by atoms with Gasteiger partial charge in [-0.2, -0.15) is 0 Å². The van der Waals surface area contributed by atoms with Crippen LogP contribution in [0, 0.1) is 0 Å². The van der Waals surface area contributed by atoms with Crippen molar-refractivity contribution in [2.24, 2.45) is 0 Å². The maximum absolute atomic E-state index is 6.57. The van der Waals surface area contributed by atoms with Crippen molar-refractivity contribution >= 4 is 113 Å². The lowest BCUT2D eigenvalue weighted by Gasteiger charge is -2.27. The van der Waals surface area contributed by atoms with Crippen LogP contribution in [-0.4, -0.2) is 0 Å². The maximum Gasteiger partial charge on any atom is 0.144 e. The summed E-state index contributed by atoms with van der Waals surface area (Å²) < 4.78 is 11.7. The van der Waals surface area contributed by atoms with Gasteiger partial charge in [0.2, 0.25) is 0 Å². The van der Waals surface area contributed by atoms with E-state index < -0.39 is 0 Å². The Bertz CT molecular complexity index is 3060. The number of furan rings is 1. The van der Waals surface area contributed by atoms with Crippen LogP contribution >= 0.6 is 22.7 Å². The van der Waals surface area contributed by atoms with Crippen LogP contribution in [-0.2, 0) is 0 Å². The minimum Gasteiger partial charge on any atom is -0.455 e. The standard InChI is InChI=1S/C46H27NOS2/c1-3-13-29(14-4-1)47(30-15-5-2-6-16-30)38-27-42-43(33-19-8-7-17-31(33)38)35-24-23-28(25-41(35)49-42)36-26-37-32-18-9-11-21-39(32)48-45(37)44-34-20-10-12-22-40(34)50-46(36)44/h1-27H. The molecule has 0 bridgehead atoms. The van der Waals surface area contributed by atoms with Crippen molar-refractivity contribution in [2.75, 3.05) is 4.90 Å². The topological polar surface area (TPSA) is 16.4 Å². The zero-order valence-electron chi connectivity index (χ0n) is 26.8. The fourth-order valence-electron chi connectivity index (χ4n) is 7.83. The van der Waals surface area contributed by atoms with Crippen molar-refractivity contribution in [3.05, 3.63) is 164 Å². The summed E-state index contributed by atoms with van der Waals surface area (Å²) in [7, 11) is 0. The molecule has 0 N–H and O–H groups in total. The number of thiophene rings is 2. The van der Waals surface area contributed by atoms with Gasteiger partial charge in [0.05, 0.1) is 5.69 Å². The van der Waals surface area contributed by atoms with Crippen LogP contribution in [0.25, 0.3) is 84.2 Å². The van der Waals surface area contributed by atoms with Gasteiger partial charge in [0.15, 0.2) is 0 Å². The summed E-state index contributed by atoms with van der Waals surface area (Å²) in [5.74, 6) is 0. The molecule has 0 spiro atoms. The number of rotatable bonds is 4. The molecule has 2 nitrogen and oxygen atoms in total. The summed E-state index contributed by atoms with van der Waals surface area (Å²) in [4.78, 5) is 2.39. The zero-order chi connectivity index (χ0) is 32.8. The van der Waals surface area contributed by atoms with Gasteiger partial charge < -0.3 is 9.32 Å². The average molecular weight is 674 g/mol. The Kier molecular flexibility index (Phi) is 6.03. The Balaban J connectivity index is 1.18. The molecule has 0 aliphatic carbocycles. The highest BCUT2D eigenvalue weighted by Gasteiger charge is 2.22. The van der Waals surface area contributed by atoms with Crippen LogP contribution in [0.4, 0.5) is 17.1 Å². The fourth-order valence-corrected chi connectivity index (χ4v) is 10.3. The lowest BCUT2D eigenvalue weighted by Crippen LogP contribution is -2.10. The summed E-state index contributed by atoms with van der Waals surface area (Å²) in [6.07, 6.45) is 0. The van der Waals surface area contributed by atoms with Gasteiger partial charge in [0, 0.05) is 73.4 Å². The maximum atomic E-state index is 6.57. The van der Waals surface area contributed by atoms with Crippen molar-refractivity contribution in [1.29, 1.82) is 0 Å². The second kappa shape index (κ2) is 10.8. The molecule has 0 amide bonds. The smallest absolute Gasteiger partial charge is 0.144 e. The molecular formula is C46H27NOS2. The fraction of sp³-hybridized carbons (Fsp3) is 0. The minimum atomic E-state index is 0.930. The summed E-state index contributed by atoms with van der Waals surface area (Å²) in [5.41, 5.74) is 7.85. The van der Waals surface area contributed by atoms with E-state index >= 15 is 0 Å². The van der Waals surface area contributed by atoms with Gasteiger partial charge in [-0.1, -0.05) is 109 Å². The molecular weight excluding hydrogens is 647 g/mol. The van der Waals surface area contributed by atoms with Gasteiger partial charge in [-0.3, -0.25) is 0 Å². The van der Waals surface area contributed by atoms with Crippen LogP contribution in [0.1, 0.15) is 0 Å². The Morgan fingerprint density at radius 3 is 1.84 bits per heavy atom. The molecule has 0 atom stereocenters. The zero-order valence-corrected chi connectivity index (χ0v) is 28.4. The molecule has 234 valence electrons. The highest BCUT2D eigenvalue weighted by atomic mass is 32.1. The van der Waals surface area contributed by atoms with E-state index in [4.69, 9.17) is 4.42 Å². The number of para-hydroxylation sites is 3. The van der Waals surface area contributed by atoms with Crippen molar-refractivity contribution in [1.82, 2.24) is 0 Å². The molecule has 0 saturated carbocycles. The highest BCUT2D eigenvalue weighted by molar-refractivity contribution is 7.27. The van der Waals surface area contributed by atoms with Crippen LogP contribution in [0.5, 0.6) is 0 Å². The molecule has 11 rings (SSSR count). The van der Waals surface area contributed by atoms with Gasteiger partial charge in [0.25, 0.3) is 0 Å². The van der Waals surface area contributed by atoms with Gasteiger partial charge in [-0.25, -0.2) is 0 Å². The van der Waals surface area contributed by atoms with E-state index in [1.54, 1.807) is 0 Å². The first-order valence-corrected chi connectivity index (χ1v) is 18.5. The van der Waals surface area contributed by atoms with E-state index in [9.17, 15) is 0 Å². The Labute approximate surface area is 295 Å². The monoisotopic (exact) mass is 673 g/mol. The van der Waals surface area contributed by atoms with Crippen LogP contribution in [0.15, 0.2) is 168 Å². The van der Waals surface area contributed by atoms with Crippen LogP contribution in [0.3, 0.4) is 0 Å². The molecule has 11 aromatic rings. The lowest BCUT2D eigenvalue weighted by atomic mass is 9.97. The Hall–Kier alpha value is -5.94. The predicted molar refractivity (Wildman–Crippen MR) is 217 cm³/mol. The lowest BCUT2D eigenvalue weighted by molar-refractivity contribution is 0.673. The van der Waals surface area contributed by atoms with Crippen LogP contribution < -0.4 is 4.90 Å². The normalized spacial score (nSPS) is 12.0.